The highest BCUT2D eigenvalue weighted by Gasteiger charge is 2.46. The summed E-state index contributed by atoms with van der Waals surface area (Å²) in [6.07, 6.45) is 0.0596. The number of para-hydroxylation sites is 1. The number of aliphatic hydroxyl groups is 1. The normalized spacial score (nSPS) is 20.0. The zero-order valence-electron chi connectivity index (χ0n) is 19.8. The Morgan fingerprint density at radius 1 is 1.27 bits per heavy atom. The Morgan fingerprint density at radius 2 is 2.03 bits per heavy atom. The molecule has 1 aliphatic carbocycles. The van der Waals surface area contributed by atoms with Crippen LogP contribution in [-0.2, 0) is 22.3 Å². The minimum atomic E-state index is -4.51. The molecule has 2 aromatic rings. The van der Waals surface area contributed by atoms with E-state index in [1.54, 1.807) is 6.07 Å². The molecule has 0 saturated heterocycles. The minimum Gasteiger partial charge on any atom is -0.404 e. The first-order chi connectivity index (χ1) is 17.6. The van der Waals surface area contributed by atoms with E-state index in [2.05, 4.69) is 32.5 Å². The Balaban J connectivity index is 1.67. The molecule has 1 aromatic carbocycles. The molecule has 2 atom stereocenters. The van der Waals surface area contributed by atoms with Gasteiger partial charge in [-0.15, -0.1) is 0 Å². The number of nitrogens with zero attached hydrogens (tertiary/aromatic N) is 2. The number of rotatable bonds is 9. The van der Waals surface area contributed by atoms with Gasteiger partial charge in [0.25, 0.3) is 5.91 Å². The predicted molar refractivity (Wildman–Crippen MR) is 133 cm³/mol. The van der Waals surface area contributed by atoms with E-state index < -0.39 is 35.2 Å². The molecule has 1 heterocycles. The number of carbonyl (C=O) groups is 2. The van der Waals surface area contributed by atoms with Gasteiger partial charge in [0.15, 0.2) is 0 Å². The molecule has 12 heteroatoms. The van der Waals surface area contributed by atoms with Crippen LogP contribution in [0.3, 0.4) is 0 Å². The van der Waals surface area contributed by atoms with Crippen molar-refractivity contribution in [3.63, 3.8) is 0 Å². The summed E-state index contributed by atoms with van der Waals surface area (Å²) in [5.74, 6) is -1.15. The topological polar surface area (TPSA) is 142 Å². The van der Waals surface area contributed by atoms with Crippen molar-refractivity contribution in [1.29, 1.82) is 0 Å². The van der Waals surface area contributed by atoms with Gasteiger partial charge in [0.05, 0.1) is 47.1 Å². The van der Waals surface area contributed by atoms with E-state index in [0.29, 0.717) is 17.8 Å². The summed E-state index contributed by atoms with van der Waals surface area (Å²) < 4.78 is 39.6. The molecule has 1 saturated carbocycles. The lowest BCUT2D eigenvalue weighted by Crippen LogP contribution is -2.57. The fourth-order valence-electron chi connectivity index (χ4n) is 3.93. The van der Waals surface area contributed by atoms with Crippen LogP contribution in [0.25, 0.3) is 0 Å². The van der Waals surface area contributed by atoms with Gasteiger partial charge in [0.1, 0.15) is 5.54 Å². The first kappa shape index (κ1) is 27.4. The average molecular weight is 517 g/mol. The van der Waals surface area contributed by atoms with Gasteiger partial charge in [-0.25, -0.2) is 0 Å². The lowest BCUT2D eigenvalue weighted by Gasteiger charge is -2.29. The molecule has 2 amide bonds. The van der Waals surface area contributed by atoms with Crippen molar-refractivity contribution in [2.45, 2.75) is 43.6 Å². The Labute approximate surface area is 211 Å². The van der Waals surface area contributed by atoms with E-state index in [9.17, 15) is 27.9 Å². The first-order valence-electron chi connectivity index (χ1n) is 11.3. The van der Waals surface area contributed by atoms with Crippen LogP contribution in [0.4, 0.5) is 24.5 Å². The SMILES string of the molecule is C=C/N=C\C(=C/N)C(=O)NC1(C(=O)NCc2ccc(Nc3ccccc3C(F)(F)F)cn2)CCC(O)C1. The van der Waals surface area contributed by atoms with Crippen molar-refractivity contribution in [2.24, 2.45) is 10.7 Å². The zero-order chi connectivity index (χ0) is 27.1. The Bertz CT molecular complexity index is 1200. The molecule has 0 spiro atoms. The van der Waals surface area contributed by atoms with Gasteiger partial charge in [-0.05, 0) is 37.1 Å². The molecule has 1 aliphatic rings. The summed E-state index contributed by atoms with van der Waals surface area (Å²) in [5, 5.41) is 18.1. The van der Waals surface area contributed by atoms with Gasteiger partial charge in [0.2, 0.25) is 5.91 Å². The van der Waals surface area contributed by atoms with E-state index in [-0.39, 0.29) is 30.6 Å². The van der Waals surface area contributed by atoms with Gasteiger partial charge in [0, 0.05) is 25.0 Å². The average Bonchev–Trinajstić information content (AvgIpc) is 3.24. The minimum absolute atomic E-state index is 0.00985. The predicted octanol–water partition coefficient (Wildman–Crippen LogP) is 2.92. The number of aliphatic imine (C=N–C) groups is 1. The molecule has 0 aliphatic heterocycles. The molecule has 0 bridgehead atoms. The molecule has 9 nitrogen and oxygen atoms in total. The number of benzene rings is 1. The standard InChI is InChI=1S/C25H27F3N6O3/c1-2-30-13-16(12-29)22(36)34-24(10-9-19(35)11-24)23(37)32-14-17-7-8-18(15-31-17)33-21-6-4-3-5-20(21)25(26,27)28/h2-8,12-13,15,19,33,35H,1,9-11,14,29H2,(H,32,37)(H,34,36)/b16-12+,30-13-. The quantitative estimate of drug-likeness (QED) is 0.256. The van der Waals surface area contributed by atoms with E-state index in [1.165, 1.54) is 42.9 Å². The van der Waals surface area contributed by atoms with Crippen LogP contribution in [-0.4, -0.2) is 39.8 Å². The smallest absolute Gasteiger partial charge is 0.404 e. The van der Waals surface area contributed by atoms with Gasteiger partial charge in [-0.1, -0.05) is 18.7 Å². The molecule has 1 aromatic heterocycles. The van der Waals surface area contributed by atoms with Crippen molar-refractivity contribution in [3.8, 4) is 0 Å². The van der Waals surface area contributed by atoms with Crippen LogP contribution in [0.1, 0.15) is 30.5 Å². The molecular formula is C25H27F3N6O3. The Hall–Kier alpha value is -4.19. The van der Waals surface area contributed by atoms with Crippen molar-refractivity contribution < 1.29 is 27.9 Å². The largest absolute Gasteiger partial charge is 0.418 e. The van der Waals surface area contributed by atoms with Gasteiger partial charge < -0.3 is 26.8 Å². The van der Waals surface area contributed by atoms with Crippen molar-refractivity contribution in [3.05, 3.63) is 78.4 Å². The number of anilines is 2. The number of alkyl halides is 3. The molecule has 37 heavy (non-hydrogen) atoms. The highest BCUT2D eigenvalue weighted by molar-refractivity contribution is 6.13. The fraction of sp³-hybridized carbons (Fsp3) is 0.280. The summed E-state index contributed by atoms with van der Waals surface area (Å²) in [4.78, 5) is 33.7. The number of aliphatic hydroxyl groups excluding tert-OH is 1. The fourth-order valence-corrected chi connectivity index (χ4v) is 3.93. The van der Waals surface area contributed by atoms with Crippen LogP contribution in [0, 0.1) is 0 Å². The maximum absolute atomic E-state index is 13.2. The Kier molecular flexibility index (Phi) is 8.66. The zero-order valence-corrected chi connectivity index (χ0v) is 19.8. The first-order valence-corrected chi connectivity index (χ1v) is 11.3. The van der Waals surface area contributed by atoms with Gasteiger partial charge in [-0.3, -0.25) is 19.6 Å². The third kappa shape index (κ3) is 6.94. The number of nitrogens with one attached hydrogen (secondary N) is 3. The van der Waals surface area contributed by atoms with E-state index >= 15 is 0 Å². The second-order valence-corrected chi connectivity index (χ2v) is 8.40. The molecular weight excluding hydrogens is 489 g/mol. The number of halogens is 3. The van der Waals surface area contributed by atoms with E-state index in [4.69, 9.17) is 5.73 Å². The number of amides is 2. The molecule has 6 N–H and O–H groups in total. The van der Waals surface area contributed by atoms with Crippen molar-refractivity contribution >= 4 is 29.4 Å². The molecule has 3 rings (SSSR count). The number of hydrogen-bond acceptors (Lipinski definition) is 7. The Morgan fingerprint density at radius 3 is 2.62 bits per heavy atom. The number of nitrogens with two attached hydrogens (primary N) is 1. The second kappa shape index (κ2) is 11.7. The summed E-state index contributed by atoms with van der Waals surface area (Å²) in [6, 6.07) is 8.17. The van der Waals surface area contributed by atoms with Crippen LogP contribution >= 0.6 is 0 Å². The van der Waals surface area contributed by atoms with Gasteiger partial charge in [-0.2, -0.15) is 13.2 Å². The summed E-state index contributed by atoms with van der Waals surface area (Å²) >= 11 is 0. The van der Waals surface area contributed by atoms with Crippen LogP contribution in [0.15, 0.2) is 72.1 Å². The monoisotopic (exact) mass is 516 g/mol. The van der Waals surface area contributed by atoms with Crippen LogP contribution < -0.4 is 21.7 Å². The van der Waals surface area contributed by atoms with Gasteiger partial charge >= 0.3 is 6.18 Å². The third-order valence-corrected chi connectivity index (χ3v) is 5.80. The molecule has 196 valence electrons. The molecule has 0 radical (unpaired) electrons. The third-order valence-electron chi connectivity index (χ3n) is 5.80. The highest BCUT2D eigenvalue weighted by atomic mass is 19.4. The summed E-state index contributed by atoms with van der Waals surface area (Å²) in [6.45, 7) is 3.41. The summed E-state index contributed by atoms with van der Waals surface area (Å²) in [7, 11) is 0. The number of pyridine rings is 1. The number of hydrogen-bond donors (Lipinski definition) is 5. The van der Waals surface area contributed by atoms with Crippen LogP contribution in [0.5, 0.6) is 0 Å². The van der Waals surface area contributed by atoms with Crippen molar-refractivity contribution in [1.82, 2.24) is 15.6 Å². The van der Waals surface area contributed by atoms with Crippen molar-refractivity contribution in [2.75, 3.05) is 5.32 Å². The lowest BCUT2D eigenvalue weighted by atomic mass is 9.95. The highest BCUT2D eigenvalue weighted by Crippen LogP contribution is 2.36. The van der Waals surface area contributed by atoms with Crippen LogP contribution in [0.2, 0.25) is 0 Å². The number of aromatic nitrogens is 1. The summed E-state index contributed by atoms with van der Waals surface area (Å²) in [5.41, 5.74) is 3.99. The molecule has 1 fully saturated rings. The molecule has 2 unspecified atom stereocenters. The lowest BCUT2D eigenvalue weighted by molar-refractivity contribution is -0.137. The second-order valence-electron chi connectivity index (χ2n) is 8.40. The van der Waals surface area contributed by atoms with E-state index in [0.717, 1.165) is 12.3 Å². The number of carbonyl (C=O) groups excluding carboxylic acids is 2. The van der Waals surface area contributed by atoms with E-state index in [1.807, 2.05) is 0 Å². The maximum atomic E-state index is 13.2. The maximum Gasteiger partial charge on any atom is 0.418 e.